The van der Waals surface area contributed by atoms with E-state index in [9.17, 15) is 0 Å². The van der Waals surface area contributed by atoms with Crippen molar-refractivity contribution in [3.63, 3.8) is 0 Å². The van der Waals surface area contributed by atoms with Gasteiger partial charge in [-0.05, 0) is 29.7 Å². The summed E-state index contributed by atoms with van der Waals surface area (Å²) in [5.41, 5.74) is 2.81. The Kier molecular flexibility index (Phi) is 3.26. The third-order valence-corrected chi connectivity index (χ3v) is 2.47. The van der Waals surface area contributed by atoms with Crippen molar-refractivity contribution in [2.45, 2.75) is 20.3 Å². The molecule has 0 saturated carbocycles. The van der Waals surface area contributed by atoms with Gasteiger partial charge in [0.15, 0.2) is 0 Å². The molecule has 14 heavy (non-hydrogen) atoms. The molecule has 0 spiro atoms. The normalized spacial score (nSPS) is 9.86. The summed E-state index contributed by atoms with van der Waals surface area (Å²) in [6, 6.07) is 13.1. The predicted octanol–water partition coefficient (Wildman–Crippen LogP) is 3.87. The van der Waals surface area contributed by atoms with Crippen LogP contribution in [0.3, 0.4) is 0 Å². The first kappa shape index (κ1) is 10.7. The molecule has 0 atom stereocenters. The van der Waals surface area contributed by atoms with Crippen LogP contribution in [0.1, 0.15) is 18.1 Å². The standard InChI is InChI=1S/C13H14.H3N/c1-3-11-8-10(2)9-12-6-4-5-7-13(11)12;/h4-9H,3H2,1-2H3;1H3. The van der Waals surface area contributed by atoms with Crippen molar-refractivity contribution in [1.29, 1.82) is 0 Å². The fourth-order valence-electron chi connectivity index (χ4n) is 1.85. The van der Waals surface area contributed by atoms with Gasteiger partial charge in [-0.3, -0.25) is 0 Å². The summed E-state index contributed by atoms with van der Waals surface area (Å²) in [6.07, 6.45) is 1.11. The summed E-state index contributed by atoms with van der Waals surface area (Å²) in [7, 11) is 0. The van der Waals surface area contributed by atoms with Crippen LogP contribution < -0.4 is 6.15 Å². The van der Waals surface area contributed by atoms with Crippen molar-refractivity contribution in [1.82, 2.24) is 6.15 Å². The Morgan fingerprint density at radius 3 is 2.50 bits per heavy atom. The molecular formula is C13H17N. The van der Waals surface area contributed by atoms with Gasteiger partial charge >= 0.3 is 0 Å². The van der Waals surface area contributed by atoms with Crippen LogP contribution in [0.5, 0.6) is 0 Å². The monoisotopic (exact) mass is 187 g/mol. The van der Waals surface area contributed by atoms with Crippen molar-refractivity contribution in [2.24, 2.45) is 0 Å². The van der Waals surface area contributed by atoms with E-state index in [1.807, 2.05) is 0 Å². The molecule has 0 amide bonds. The second kappa shape index (κ2) is 4.25. The molecule has 1 nitrogen and oxygen atoms in total. The van der Waals surface area contributed by atoms with Crippen LogP contribution in [0.25, 0.3) is 10.8 Å². The van der Waals surface area contributed by atoms with Crippen molar-refractivity contribution in [2.75, 3.05) is 0 Å². The zero-order chi connectivity index (χ0) is 9.26. The fourth-order valence-corrected chi connectivity index (χ4v) is 1.85. The Balaban J connectivity index is 0.000000980. The number of hydrogen-bond donors (Lipinski definition) is 1. The summed E-state index contributed by atoms with van der Waals surface area (Å²) in [6.45, 7) is 4.37. The second-order valence-corrected chi connectivity index (χ2v) is 3.50. The first-order chi connectivity index (χ1) is 6.31. The van der Waals surface area contributed by atoms with Gasteiger partial charge in [0, 0.05) is 0 Å². The maximum Gasteiger partial charge on any atom is -0.0152 e. The average molecular weight is 187 g/mol. The molecule has 2 aromatic carbocycles. The lowest BCUT2D eigenvalue weighted by atomic mass is 10.00. The van der Waals surface area contributed by atoms with Crippen LogP contribution in [0.15, 0.2) is 36.4 Å². The van der Waals surface area contributed by atoms with Crippen LogP contribution in [0, 0.1) is 6.92 Å². The third kappa shape index (κ3) is 1.78. The summed E-state index contributed by atoms with van der Waals surface area (Å²) < 4.78 is 0. The van der Waals surface area contributed by atoms with Crippen LogP contribution in [-0.4, -0.2) is 0 Å². The molecule has 2 rings (SSSR count). The number of aryl methyl sites for hydroxylation is 2. The summed E-state index contributed by atoms with van der Waals surface area (Å²) in [4.78, 5) is 0. The van der Waals surface area contributed by atoms with Crippen LogP contribution in [0.2, 0.25) is 0 Å². The van der Waals surface area contributed by atoms with E-state index in [-0.39, 0.29) is 6.15 Å². The maximum atomic E-state index is 2.28. The molecule has 0 aliphatic heterocycles. The minimum absolute atomic E-state index is 0. The number of hydrogen-bond acceptors (Lipinski definition) is 1. The highest BCUT2D eigenvalue weighted by Crippen LogP contribution is 2.20. The zero-order valence-electron chi connectivity index (χ0n) is 8.88. The second-order valence-electron chi connectivity index (χ2n) is 3.50. The quantitative estimate of drug-likeness (QED) is 0.722. The Hall–Kier alpha value is -1.34. The minimum Gasteiger partial charge on any atom is -0.344 e. The van der Waals surface area contributed by atoms with E-state index >= 15 is 0 Å². The van der Waals surface area contributed by atoms with Crippen molar-refractivity contribution >= 4 is 10.8 Å². The van der Waals surface area contributed by atoms with Gasteiger partial charge in [-0.15, -0.1) is 0 Å². The molecule has 2 aromatic rings. The molecule has 74 valence electrons. The molecule has 0 fully saturated rings. The van der Waals surface area contributed by atoms with Gasteiger partial charge in [0.1, 0.15) is 0 Å². The van der Waals surface area contributed by atoms with E-state index in [2.05, 4.69) is 50.2 Å². The summed E-state index contributed by atoms with van der Waals surface area (Å²) in [5.74, 6) is 0. The summed E-state index contributed by atoms with van der Waals surface area (Å²) >= 11 is 0. The van der Waals surface area contributed by atoms with E-state index in [1.54, 1.807) is 0 Å². The third-order valence-electron chi connectivity index (χ3n) is 2.47. The Morgan fingerprint density at radius 2 is 1.79 bits per heavy atom. The maximum absolute atomic E-state index is 2.28. The number of fused-ring (bicyclic) bond motifs is 1. The Morgan fingerprint density at radius 1 is 1.07 bits per heavy atom. The minimum atomic E-state index is 0. The molecule has 0 aromatic heterocycles. The van der Waals surface area contributed by atoms with E-state index in [1.165, 1.54) is 21.9 Å². The predicted molar refractivity (Wildman–Crippen MR) is 63.1 cm³/mol. The molecule has 0 radical (unpaired) electrons. The molecule has 0 aliphatic carbocycles. The SMILES string of the molecule is CCc1cc(C)cc2ccccc12.N. The van der Waals surface area contributed by atoms with Crippen molar-refractivity contribution < 1.29 is 0 Å². The average Bonchev–Trinajstić information content (AvgIpc) is 2.16. The zero-order valence-corrected chi connectivity index (χ0v) is 8.88. The number of rotatable bonds is 1. The molecule has 1 heteroatoms. The first-order valence-electron chi connectivity index (χ1n) is 4.79. The van der Waals surface area contributed by atoms with Crippen LogP contribution >= 0.6 is 0 Å². The Bertz CT molecular complexity index is 432. The highest BCUT2D eigenvalue weighted by molar-refractivity contribution is 5.86. The lowest BCUT2D eigenvalue weighted by molar-refractivity contribution is 1.15. The van der Waals surface area contributed by atoms with Gasteiger partial charge in [-0.2, -0.15) is 0 Å². The van der Waals surface area contributed by atoms with Gasteiger partial charge in [0.25, 0.3) is 0 Å². The van der Waals surface area contributed by atoms with E-state index in [4.69, 9.17) is 0 Å². The van der Waals surface area contributed by atoms with E-state index in [0.29, 0.717) is 0 Å². The molecule has 3 N–H and O–H groups in total. The van der Waals surface area contributed by atoms with Crippen LogP contribution in [-0.2, 0) is 6.42 Å². The topological polar surface area (TPSA) is 35.0 Å². The molecular weight excluding hydrogens is 170 g/mol. The van der Waals surface area contributed by atoms with E-state index in [0.717, 1.165) is 6.42 Å². The first-order valence-corrected chi connectivity index (χ1v) is 4.79. The smallest absolute Gasteiger partial charge is 0.0152 e. The lowest BCUT2D eigenvalue weighted by Gasteiger charge is -2.05. The lowest BCUT2D eigenvalue weighted by Crippen LogP contribution is -1.85. The van der Waals surface area contributed by atoms with Crippen molar-refractivity contribution in [3.8, 4) is 0 Å². The van der Waals surface area contributed by atoms with Gasteiger partial charge in [-0.1, -0.05) is 48.9 Å². The molecule has 0 aliphatic rings. The molecule has 0 saturated heterocycles. The van der Waals surface area contributed by atoms with Crippen molar-refractivity contribution in [3.05, 3.63) is 47.5 Å². The molecule has 0 heterocycles. The highest BCUT2D eigenvalue weighted by atomic mass is 14.0. The van der Waals surface area contributed by atoms with Gasteiger partial charge in [0.05, 0.1) is 0 Å². The Labute approximate surface area is 85.3 Å². The molecule has 0 bridgehead atoms. The van der Waals surface area contributed by atoms with Gasteiger partial charge in [-0.25, -0.2) is 0 Å². The highest BCUT2D eigenvalue weighted by Gasteiger charge is 1.98. The largest absolute Gasteiger partial charge is 0.344 e. The molecule has 0 unspecified atom stereocenters. The summed E-state index contributed by atoms with van der Waals surface area (Å²) in [5, 5.41) is 2.76. The number of benzene rings is 2. The fraction of sp³-hybridized carbons (Fsp3) is 0.231. The van der Waals surface area contributed by atoms with E-state index < -0.39 is 0 Å². The van der Waals surface area contributed by atoms with Gasteiger partial charge in [0.2, 0.25) is 0 Å². The van der Waals surface area contributed by atoms with Gasteiger partial charge < -0.3 is 6.15 Å². The van der Waals surface area contributed by atoms with Crippen LogP contribution in [0.4, 0.5) is 0 Å².